The lowest BCUT2D eigenvalue weighted by atomic mass is 10.2. The second-order valence-electron chi connectivity index (χ2n) is 5.55. The summed E-state index contributed by atoms with van der Waals surface area (Å²) in [7, 11) is 0. The smallest absolute Gasteiger partial charge is 0.405 e. The molecule has 0 aliphatic rings. The Hall–Kier alpha value is -3.55. The molecule has 1 aromatic heterocycles. The van der Waals surface area contributed by atoms with Crippen molar-refractivity contribution in [3.8, 4) is 11.8 Å². The van der Waals surface area contributed by atoms with Gasteiger partial charge in [-0.25, -0.2) is 9.36 Å². The second kappa shape index (κ2) is 8.43. The summed E-state index contributed by atoms with van der Waals surface area (Å²) in [4.78, 5) is 36.4. The number of halogens is 3. The third kappa shape index (κ3) is 5.00. The van der Waals surface area contributed by atoms with Crippen LogP contribution in [0.4, 0.5) is 13.2 Å². The van der Waals surface area contributed by atoms with Gasteiger partial charge in [-0.2, -0.15) is 5.26 Å². The minimum Gasteiger partial charge on any atom is -0.405 e. The van der Waals surface area contributed by atoms with Crippen molar-refractivity contribution >= 4 is 5.91 Å². The Morgan fingerprint density at radius 2 is 1.96 bits per heavy atom. The van der Waals surface area contributed by atoms with Crippen molar-refractivity contribution in [2.45, 2.75) is 32.9 Å². The number of benzene rings is 1. The molecule has 0 aliphatic carbocycles. The molecule has 1 aromatic carbocycles. The van der Waals surface area contributed by atoms with Gasteiger partial charge in [-0.1, -0.05) is 18.2 Å². The van der Waals surface area contributed by atoms with Gasteiger partial charge in [0, 0.05) is 24.8 Å². The van der Waals surface area contributed by atoms with E-state index in [9.17, 15) is 27.6 Å². The average Bonchev–Trinajstić information content (AvgIpc) is 2.63. The summed E-state index contributed by atoms with van der Waals surface area (Å²) < 4.78 is 42.9. The van der Waals surface area contributed by atoms with E-state index in [0.717, 1.165) is 16.8 Å². The van der Waals surface area contributed by atoms with Gasteiger partial charge in [-0.15, -0.1) is 13.2 Å². The number of aromatic nitrogens is 2. The van der Waals surface area contributed by atoms with Crippen molar-refractivity contribution < 1.29 is 22.7 Å². The van der Waals surface area contributed by atoms with Crippen LogP contribution < -0.4 is 21.3 Å². The number of carbonyl (C=O) groups excluding carboxylic acids is 1. The van der Waals surface area contributed by atoms with E-state index in [1.54, 1.807) is 13.0 Å². The number of aryl methyl sites for hydroxylation is 1. The molecule has 28 heavy (non-hydrogen) atoms. The van der Waals surface area contributed by atoms with E-state index in [4.69, 9.17) is 5.26 Å². The lowest BCUT2D eigenvalue weighted by Crippen LogP contribution is -2.44. The van der Waals surface area contributed by atoms with E-state index >= 15 is 0 Å². The first-order valence-corrected chi connectivity index (χ1v) is 8.01. The first-order valence-electron chi connectivity index (χ1n) is 8.01. The van der Waals surface area contributed by atoms with Crippen LogP contribution in [0, 0.1) is 11.3 Å². The Morgan fingerprint density at radius 1 is 1.29 bits per heavy atom. The minimum absolute atomic E-state index is 0.0530. The van der Waals surface area contributed by atoms with Crippen LogP contribution in [0.15, 0.2) is 40.1 Å². The number of rotatable bonds is 6. The maximum absolute atomic E-state index is 12.4. The molecule has 2 rings (SSSR count). The fourth-order valence-corrected chi connectivity index (χ4v) is 2.36. The van der Waals surface area contributed by atoms with E-state index in [-0.39, 0.29) is 24.2 Å². The standard InChI is InChI=1S/C17H15F3N4O4/c1-2-23-9-12(7-21)15(26)24(16(23)27)10-14(25)22-8-11-5-3-4-6-13(11)28-17(18,19)20/h3-6,9H,2,8,10H2,1H3,(H,22,25). The highest BCUT2D eigenvalue weighted by Gasteiger charge is 2.32. The highest BCUT2D eigenvalue weighted by atomic mass is 19.4. The second-order valence-corrected chi connectivity index (χ2v) is 5.55. The number of hydrogen-bond donors (Lipinski definition) is 1. The maximum atomic E-state index is 12.4. The van der Waals surface area contributed by atoms with Crippen molar-refractivity contribution in [3.05, 3.63) is 62.4 Å². The van der Waals surface area contributed by atoms with Crippen molar-refractivity contribution in [2.24, 2.45) is 0 Å². The molecule has 0 bridgehead atoms. The summed E-state index contributed by atoms with van der Waals surface area (Å²) in [6, 6.07) is 6.87. The molecule has 0 radical (unpaired) electrons. The lowest BCUT2D eigenvalue weighted by molar-refractivity contribution is -0.274. The average molecular weight is 396 g/mol. The largest absolute Gasteiger partial charge is 0.573 e. The molecule has 1 N–H and O–H groups in total. The molecule has 2 aromatic rings. The number of nitriles is 1. The molecular weight excluding hydrogens is 381 g/mol. The SMILES string of the molecule is CCn1cc(C#N)c(=O)n(CC(=O)NCc2ccccc2OC(F)(F)F)c1=O. The first kappa shape index (κ1) is 20.8. The van der Waals surface area contributed by atoms with Crippen LogP contribution in [0.25, 0.3) is 0 Å². The summed E-state index contributed by atoms with van der Waals surface area (Å²) in [5, 5.41) is 11.3. The highest BCUT2D eigenvalue weighted by molar-refractivity contribution is 5.75. The van der Waals surface area contributed by atoms with Crippen LogP contribution in [-0.2, 0) is 24.4 Å². The first-order chi connectivity index (χ1) is 13.2. The Kier molecular flexibility index (Phi) is 6.25. The van der Waals surface area contributed by atoms with Gasteiger partial charge in [0.25, 0.3) is 5.56 Å². The van der Waals surface area contributed by atoms with Crippen LogP contribution in [0.2, 0.25) is 0 Å². The summed E-state index contributed by atoms with van der Waals surface area (Å²) in [6.07, 6.45) is -3.79. The fourth-order valence-electron chi connectivity index (χ4n) is 2.36. The lowest BCUT2D eigenvalue weighted by Gasteiger charge is -2.14. The zero-order chi connectivity index (χ0) is 20.9. The number of carbonyl (C=O) groups is 1. The molecule has 0 saturated carbocycles. The normalized spacial score (nSPS) is 11.0. The van der Waals surface area contributed by atoms with Crippen LogP contribution in [0.5, 0.6) is 5.75 Å². The minimum atomic E-state index is -4.89. The molecule has 0 aliphatic heterocycles. The van der Waals surface area contributed by atoms with E-state index in [0.29, 0.717) is 4.57 Å². The molecule has 1 heterocycles. The summed E-state index contributed by atoms with van der Waals surface area (Å²) in [5.74, 6) is -1.27. The molecule has 0 atom stereocenters. The highest BCUT2D eigenvalue weighted by Crippen LogP contribution is 2.25. The molecule has 11 heteroatoms. The van der Waals surface area contributed by atoms with E-state index < -0.39 is 35.8 Å². The predicted molar refractivity (Wildman–Crippen MR) is 90.3 cm³/mol. The van der Waals surface area contributed by atoms with Gasteiger partial charge in [0.1, 0.15) is 23.9 Å². The molecule has 0 spiro atoms. The van der Waals surface area contributed by atoms with Crippen LogP contribution in [-0.4, -0.2) is 21.4 Å². The third-order valence-electron chi connectivity index (χ3n) is 3.67. The van der Waals surface area contributed by atoms with Gasteiger partial charge in [-0.05, 0) is 13.0 Å². The molecule has 8 nitrogen and oxygen atoms in total. The van der Waals surface area contributed by atoms with Gasteiger partial charge in [-0.3, -0.25) is 14.2 Å². The van der Waals surface area contributed by atoms with Gasteiger partial charge < -0.3 is 10.1 Å². The third-order valence-corrected chi connectivity index (χ3v) is 3.67. The summed E-state index contributed by atoms with van der Waals surface area (Å²) >= 11 is 0. The Bertz CT molecular complexity index is 1030. The van der Waals surface area contributed by atoms with Crippen molar-refractivity contribution in [1.29, 1.82) is 5.26 Å². The summed E-state index contributed by atoms with van der Waals surface area (Å²) in [6.45, 7) is 0.793. The monoisotopic (exact) mass is 396 g/mol. The maximum Gasteiger partial charge on any atom is 0.573 e. The van der Waals surface area contributed by atoms with Gasteiger partial charge in [0.05, 0.1) is 0 Å². The fraction of sp³-hybridized carbons (Fsp3) is 0.294. The molecule has 1 amide bonds. The molecule has 148 valence electrons. The van der Waals surface area contributed by atoms with Gasteiger partial charge >= 0.3 is 12.1 Å². The molecular formula is C17H15F3N4O4. The number of amides is 1. The predicted octanol–water partition coefficient (Wildman–Crippen LogP) is 1.12. The van der Waals surface area contributed by atoms with E-state index in [1.165, 1.54) is 18.2 Å². The quantitative estimate of drug-likeness (QED) is 0.788. The number of nitrogens with zero attached hydrogens (tertiary/aromatic N) is 3. The van der Waals surface area contributed by atoms with Gasteiger partial charge in [0.2, 0.25) is 5.91 Å². The topological polar surface area (TPSA) is 106 Å². The van der Waals surface area contributed by atoms with Crippen LogP contribution >= 0.6 is 0 Å². The van der Waals surface area contributed by atoms with Crippen LogP contribution in [0.1, 0.15) is 18.1 Å². The van der Waals surface area contributed by atoms with E-state index in [1.807, 2.05) is 0 Å². The zero-order valence-corrected chi connectivity index (χ0v) is 14.6. The van der Waals surface area contributed by atoms with Crippen molar-refractivity contribution in [1.82, 2.24) is 14.5 Å². The number of para-hydroxylation sites is 1. The van der Waals surface area contributed by atoms with Crippen LogP contribution in [0.3, 0.4) is 0 Å². The van der Waals surface area contributed by atoms with E-state index in [2.05, 4.69) is 10.1 Å². The number of hydrogen-bond acceptors (Lipinski definition) is 5. The molecule has 0 saturated heterocycles. The van der Waals surface area contributed by atoms with Gasteiger partial charge in [0.15, 0.2) is 0 Å². The number of nitrogens with one attached hydrogen (secondary N) is 1. The Balaban J connectivity index is 2.18. The zero-order valence-electron chi connectivity index (χ0n) is 14.6. The number of ether oxygens (including phenoxy) is 1. The van der Waals surface area contributed by atoms with Crippen molar-refractivity contribution in [2.75, 3.05) is 0 Å². The van der Waals surface area contributed by atoms with Crippen molar-refractivity contribution in [3.63, 3.8) is 0 Å². The Labute approximate surface area is 156 Å². The molecule has 0 unspecified atom stereocenters. The number of alkyl halides is 3. The summed E-state index contributed by atoms with van der Waals surface area (Å²) in [5.41, 5.74) is -1.95. The Morgan fingerprint density at radius 3 is 2.57 bits per heavy atom. The molecule has 0 fully saturated rings.